The lowest BCUT2D eigenvalue weighted by atomic mass is 9.89. The van der Waals surface area contributed by atoms with Crippen molar-refractivity contribution >= 4 is 17.7 Å². The van der Waals surface area contributed by atoms with E-state index in [2.05, 4.69) is 10.1 Å². The molecule has 2 N–H and O–H groups in total. The Hall–Kier alpha value is -3.23. The van der Waals surface area contributed by atoms with Gasteiger partial charge in [0.15, 0.2) is 0 Å². The molecular formula is C19H19F3N2O4. The number of halogens is 3. The number of methoxy groups -OCH3 is 1. The highest BCUT2D eigenvalue weighted by molar-refractivity contribution is 5.96. The van der Waals surface area contributed by atoms with Crippen LogP contribution >= 0.6 is 0 Å². The van der Waals surface area contributed by atoms with Gasteiger partial charge in [-0.15, -0.1) is 0 Å². The normalized spacial score (nSPS) is 13.2. The van der Waals surface area contributed by atoms with Crippen LogP contribution in [0.15, 0.2) is 54.6 Å². The summed E-state index contributed by atoms with van der Waals surface area (Å²) in [4.78, 5) is 24.9. The molecule has 0 spiro atoms. The number of benzene rings is 2. The fraction of sp³-hybridized carbons (Fsp3) is 0.263. The molecule has 0 unspecified atom stereocenters. The Bertz CT molecular complexity index is 827. The van der Waals surface area contributed by atoms with Gasteiger partial charge in [-0.2, -0.15) is 13.2 Å². The SMILES string of the molecule is CCOC(=O)[C@](NC(=O)Nc1ccccc1OC)(c1ccccc1)C(F)(F)F. The molecule has 0 saturated heterocycles. The molecule has 2 amide bonds. The number of amides is 2. The van der Waals surface area contributed by atoms with Gasteiger partial charge in [0.1, 0.15) is 5.75 Å². The van der Waals surface area contributed by atoms with Gasteiger partial charge in [0, 0.05) is 0 Å². The number of hydrogen-bond acceptors (Lipinski definition) is 4. The molecule has 0 aliphatic rings. The minimum Gasteiger partial charge on any atom is -0.495 e. The zero-order valence-corrected chi connectivity index (χ0v) is 15.2. The smallest absolute Gasteiger partial charge is 0.426 e. The second-order valence-electron chi connectivity index (χ2n) is 5.61. The van der Waals surface area contributed by atoms with Crippen LogP contribution in [0.5, 0.6) is 5.75 Å². The number of esters is 1. The van der Waals surface area contributed by atoms with Gasteiger partial charge < -0.3 is 20.1 Å². The summed E-state index contributed by atoms with van der Waals surface area (Å²) in [6, 6.07) is 11.2. The summed E-state index contributed by atoms with van der Waals surface area (Å²) < 4.78 is 52.0. The third-order valence-corrected chi connectivity index (χ3v) is 3.87. The first-order valence-corrected chi connectivity index (χ1v) is 8.28. The van der Waals surface area contributed by atoms with E-state index >= 15 is 0 Å². The summed E-state index contributed by atoms with van der Waals surface area (Å²) in [6.07, 6.45) is -5.17. The molecule has 1 atom stereocenters. The van der Waals surface area contributed by atoms with Gasteiger partial charge in [0.25, 0.3) is 5.54 Å². The molecule has 0 aliphatic heterocycles. The lowest BCUT2D eigenvalue weighted by molar-refractivity contribution is -0.213. The number of ether oxygens (including phenoxy) is 2. The Balaban J connectivity index is 2.47. The highest BCUT2D eigenvalue weighted by Gasteiger charge is 2.64. The molecule has 0 fully saturated rings. The highest BCUT2D eigenvalue weighted by atomic mass is 19.4. The molecule has 28 heavy (non-hydrogen) atoms. The molecule has 2 aromatic rings. The van der Waals surface area contributed by atoms with Gasteiger partial charge in [-0.3, -0.25) is 0 Å². The largest absolute Gasteiger partial charge is 0.495 e. The molecule has 150 valence electrons. The number of anilines is 1. The van der Waals surface area contributed by atoms with Crippen LogP contribution in [-0.4, -0.2) is 31.9 Å². The maximum atomic E-state index is 14.1. The van der Waals surface area contributed by atoms with Crippen molar-refractivity contribution in [3.63, 3.8) is 0 Å². The molecular weight excluding hydrogens is 377 g/mol. The van der Waals surface area contributed by atoms with Crippen molar-refractivity contribution < 1.29 is 32.2 Å². The molecule has 2 aromatic carbocycles. The predicted molar refractivity (Wildman–Crippen MR) is 96.0 cm³/mol. The van der Waals surface area contributed by atoms with Gasteiger partial charge in [-0.25, -0.2) is 9.59 Å². The molecule has 0 saturated carbocycles. The number of carbonyl (C=O) groups is 2. The maximum Gasteiger partial charge on any atom is 0.426 e. The third kappa shape index (κ3) is 4.19. The van der Waals surface area contributed by atoms with Crippen LogP contribution in [0.2, 0.25) is 0 Å². The summed E-state index contributed by atoms with van der Waals surface area (Å²) in [5.41, 5.74) is -3.72. The quantitative estimate of drug-likeness (QED) is 0.728. The van der Waals surface area contributed by atoms with E-state index in [-0.39, 0.29) is 18.0 Å². The molecule has 0 radical (unpaired) electrons. The van der Waals surface area contributed by atoms with Crippen molar-refractivity contribution in [2.75, 3.05) is 19.0 Å². The first-order chi connectivity index (χ1) is 13.3. The topological polar surface area (TPSA) is 76.7 Å². The molecule has 0 heterocycles. The van der Waals surface area contributed by atoms with Crippen molar-refractivity contribution in [2.45, 2.75) is 18.6 Å². The minimum absolute atomic E-state index is 0.135. The summed E-state index contributed by atoms with van der Waals surface area (Å²) in [5.74, 6) is -1.39. The fourth-order valence-corrected chi connectivity index (χ4v) is 2.59. The fourth-order valence-electron chi connectivity index (χ4n) is 2.59. The van der Waals surface area contributed by atoms with Gasteiger partial charge >= 0.3 is 18.2 Å². The second kappa shape index (κ2) is 8.64. The molecule has 6 nitrogen and oxygen atoms in total. The van der Waals surface area contributed by atoms with Crippen molar-refractivity contribution in [1.29, 1.82) is 0 Å². The maximum absolute atomic E-state index is 14.1. The Morgan fingerprint density at radius 2 is 1.61 bits per heavy atom. The zero-order chi connectivity index (χ0) is 20.8. The molecule has 0 aromatic heterocycles. The molecule has 2 rings (SSSR count). The summed E-state index contributed by atoms with van der Waals surface area (Å²) >= 11 is 0. The second-order valence-corrected chi connectivity index (χ2v) is 5.61. The van der Waals surface area contributed by atoms with Crippen LogP contribution in [0.25, 0.3) is 0 Å². The van der Waals surface area contributed by atoms with E-state index in [9.17, 15) is 22.8 Å². The molecule has 0 bridgehead atoms. The predicted octanol–water partition coefficient (Wildman–Crippen LogP) is 3.84. The minimum atomic E-state index is -5.17. The van der Waals surface area contributed by atoms with Crippen LogP contribution in [-0.2, 0) is 15.1 Å². The van der Waals surface area contributed by atoms with Crippen molar-refractivity contribution in [1.82, 2.24) is 5.32 Å². The zero-order valence-electron chi connectivity index (χ0n) is 15.2. The average molecular weight is 396 g/mol. The Morgan fingerprint density at radius 3 is 2.18 bits per heavy atom. The average Bonchev–Trinajstić information content (AvgIpc) is 2.66. The van der Waals surface area contributed by atoms with Gasteiger partial charge in [-0.1, -0.05) is 42.5 Å². The third-order valence-electron chi connectivity index (χ3n) is 3.87. The van der Waals surface area contributed by atoms with Crippen LogP contribution in [0.3, 0.4) is 0 Å². The van der Waals surface area contributed by atoms with Gasteiger partial charge in [-0.05, 0) is 24.6 Å². The number of hydrogen-bond donors (Lipinski definition) is 2. The van der Waals surface area contributed by atoms with Crippen molar-refractivity contribution in [3.8, 4) is 5.75 Å². The van der Waals surface area contributed by atoms with E-state index < -0.39 is 29.3 Å². The summed E-state index contributed by atoms with van der Waals surface area (Å²) in [7, 11) is 1.35. The van der Waals surface area contributed by atoms with Gasteiger partial charge in [0.2, 0.25) is 0 Å². The standard InChI is InChI=1S/C19H19F3N2O4/c1-3-28-16(25)18(19(20,21)22,13-9-5-4-6-10-13)24-17(26)23-14-11-7-8-12-15(14)27-2/h4-12H,3H2,1-2H3,(H2,23,24,26)/t18-/m1/s1. The van der Waals surface area contributed by atoms with E-state index in [1.807, 2.05) is 0 Å². The number of urea groups is 1. The van der Waals surface area contributed by atoms with E-state index in [0.29, 0.717) is 0 Å². The summed E-state index contributed by atoms with van der Waals surface area (Å²) in [5, 5.41) is 4.04. The highest BCUT2D eigenvalue weighted by Crippen LogP contribution is 2.40. The van der Waals surface area contributed by atoms with Crippen LogP contribution in [0.4, 0.5) is 23.7 Å². The Labute approximate surface area is 159 Å². The number of para-hydroxylation sites is 2. The number of carbonyl (C=O) groups excluding carboxylic acids is 2. The first-order valence-electron chi connectivity index (χ1n) is 8.28. The number of nitrogens with one attached hydrogen (secondary N) is 2. The number of alkyl halides is 3. The van der Waals surface area contributed by atoms with Crippen LogP contribution in [0, 0.1) is 0 Å². The van der Waals surface area contributed by atoms with E-state index in [0.717, 1.165) is 12.1 Å². The molecule has 9 heteroatoms. The van der Waals surface area contributed by atoms with Crippen LogP contribution < -0.4 is 15.4 Å². The van der Waals surface area contributed by atoms with E-state index in [1.165, 1.54) is 44.4 Å². The Kier molecular flexibility index (Phi) is 6.50. The van der Waals surface area contributed by atoms with Crippen LogP contribution in [0.1, 0.15) is 12.5 Å². The number of rotatable bonds is 6. The monoisotopic (exact) mass is 396 g/mol. The lowest BCUT2D eigenvalue weighted by Gasteiger charge is -2.34. The Morgan fingerprint density at radius 1 is 1.00 bits per heavy atom. The summed E-state index contributed by atoms with van der Waals surface area (Å²) in [6.45, 7) is 1.08. The van der Waals surface area contributed by atoms with Crippen molar-refractivity contribution in [2.24, 2.45) is 0 Å². The van der Waals surface area contributed by atoms with Crippen molar-refractivity contribution in [3.05, 3.63) is 60.2 Å². The first kappa shape index (κ1) is 21.1. The lowest BCUT2D eigenvalue weighted by Crippen LogP contribution is -2.62. The van der Waals surface area contributed by atoms with Gasteiger partial charge in [0.05, 0.1) is 19.4 Å². The van der Waals surface area contributed by atoms with E-state index in [4.69, 9.17) is 4.74 Å². The van der Waals surface area contributed by atoms with E-state index in [1.54, 1.807) is 17.4 Å². The molecule has 0 aliphatic carbocycles.